The Balaban J connectivity index is 1.79. The molecule has 4 rings (SSSR count). The third-order valence-corrected chi connectivity index (χ3v) is 12.1. The van der Waals surface area contributed by atoms with E-state index in [1.807, 2.05) is 6.92 Å². The van der Waals surface area contributed by atoms with Gasteiger partial charge < -0.3 is 10.2 Å². The SMILES string of the molecule is C=C(C)[C@@H]1CC[C@]2(C)[C@H](CC=C3[C@@H]4C[C@@](C)(C(=O)O)CC[C@]4(C)CC[C@]32C)[C@]1(C)CCC(=O)O. The van der Waals surface area contributed by atoms with E-state index in [-0.39, 0.29) is 28.1 Å². The molecular formula is C30H46O4. The average Bonchev–Trinajstić information content (AvgIpc) is 2.74. The van der Waals surface area contributed by atoms with Gasteiger partial charge in [-0.05, 0) is 111 Å². The Bertz CT molecular complexity index is 934. The summed E-state index contributed by atoms with van der Waals surface area (Å²) >= 11 is 0. The van der Waals surface area contributed by atoms with Crippen LogP contribution in [-0.2, 0) is 9.59 Å². The molecule has 0 bridgehead atoms. The first-order chi connectivity index (χ1) is 15.6. The average molecular weight is 471 g/mol. The Morgan fingerprint density at radius 1 is 1.03 bits per heavy atom. The number of carboxylic acids is 2. The molecule has 190 valence electrons. The van der Waals surface area contributed by atoms with Gasteiger partial charge in [0.25, 0.3) is 0 Å². The van der Waals surface area contributed by atoms with Crippen molar-refractivity contribution in [2.45, 2.75) is 106 Å². The number of fused-ring (bicyclic) bond motifs is 5. The minimum atomic E-state index is -0.712. The monoisotopic (exact) mass is 470 g/mol. The maximum absolute atomic E-state index is 12.2. The lowest BCUT2D eigenvalue weighted by molar-refractivity contribution is -0.161. The summed E-state index contributed by atoms with van der Waals surface area (Å²) in [7, 11) is 0. The van der Waals surface area contributed by atoms with Crippen molar-refractivity contribution in [3.63, 3.8) is 0 Å². The summed E-state index contributed by atoms with van der Waals surface area (Å²) in [6.07, 6.45) is 11.4. The second kappa shape index (κ2) is 7.96. The Kier molecular flexibility index (Phi) is 5.98. The van der Waals surface area contributed by atoms with E-state index in [2.05, 4.69) is 47.3 Å². The molecule has 0 heterocycles. The molecule has 0 saturated heterocycles. The standard InChI is InChI=1S/C30H46O4/c1-19(2)20-10-13-30(7)23(28(20,5)12-11-24(31)32)9-8-21-22-18-27(4,25(33)34)15-14-26(22,3)16-17-29(21,30)6/h8,20,22-23H,1,9-18H2,2-7H3,(H,31,32)(H,33,34)/t20-,22-,23+,26+,27-,28+,29+,30+/m0/s1. The molecule has 0 aromatic carbocycles. The fraction of sp³-hybridized carbons (Fsp3) is 0.800. The van der Waals surface area contributed by atoms with Gasteiger partial charge in [0.05, 0.1) is 5.41 Å². The molecule has 4 nitrogen and oxygen atoms in total. The summed E-state index contributed by atoms with van der Waals surface area (Å²) in [4.78, 5) is 23.8. The molecule has 0 amide bonds. The van der Waals surface area contributed by atoms with Gasteiger partial charge in [-0.3, -0.25) is 9.59 Å². The van der Waals surface area contributed by atoms with Crippen molar-refractivity contribution in [1.82, 2.24) is 0 Å². The number of hydrogen-bond donors (Lipinski definition) is 2. The topological polar surface area (TPSA) is 74.6 Å². The number of hydrogen-bond acceptors (Lipinski definition) is 2. The van der Waals surface area contributed by atoms with Gasteiger partial charge in [-0.2, -0.15) is 0 Å². The summed E-state index contributed by atoms with van der Waals surface area (Å²) in [5.74, 6) is -0.283. The minimum absolute atomic E-state index is 0.0291. The fourth-order valence-corrected chi connectivity index (χ4v) is 9.45. The van der Waals surface area contributed by atoms with E-state index >= 15 is 0 Å². The van der Waals surface area contributed by atoms with Crippen LogP contribution in [0.4, 0.5) is 0 Å². The summed E-state index contributed by atoms with van der Waals surface area (Å²) < 4.78 is 0. The van der Waals surface area contributed by atoms with E-state index in [0.29, 0.717) is 24.2 Å². The van der Waals surface area contributed by atoms with E-state index in [9.17, 15) is 19.8 Å². The van der Waals surface area contributed by atoms with Crippen molar-refractivity contribution in [1.29, 1.82) is 0 Å². The molecule has 0 unspecified atom stereocenters. The molecule has 3 fully saturated rings. The number of rotatable bonds is 5. The number of aliphatic carboxylic acids is 2. The molecule has 2 N–H and O–H groups in total. The van der Waals surface area contributed by atoms with E-state index in [0.717, 1.165) is 51.4 Å². The highest BCUT2D eigenvalue weighted by atomic mass is 16.4. The van der Waals surface area contributed by atoms with Crippen molar-refractivity contribution in [2.75, 3.05) is 0 Å². The lowest BCUT2D eigenvalue weighted by Crippen LogP contribution is -2.61. The third-order valence-electron chi connectivity index (χ3n) is 12.1. The predicted octanol–water partition coefficient (Wildman–Crippen LogP) is 7.49. The summed E-state index contributed by atoms with van der Waals surface area (Å²) in [5, 5.41) is 19.6. The van der Waals surface area contributed by atoms with Crippen molar-refractivity contribution >= 4 is 11.9 Å². The molecule has 4 aliphatic rings. The van der Waals surface area contributed by atoms with Gasteiger partial charge in [0.15, 0.2) is 0 Å². The summed E-state index contributed by atoms with van der Waals surface area (Å²) in [6, 6.07) is 0. The van der Waals surface area contributed by atoms with E-state index in [1.165, 1.54) is 11.1 Å². The van der Waals surface area contributed by atoms with Gasteiger partial charge in [0.2, 0.25) is 0 Å². The van der Waals surface area contributed by atoms with Crippen molar-refractivity contribution in [3.05, 3.63) is 23.8 Å². The molecule has 34 heavy (non-hydrogen) atoms. The molecule has 4 heteroatoms. The normalized spacial score (nSPS) is 48.1. The van der Waals surface area contributed by atoms with Crippen LogP contribution in [0.1, 0.15) is 106 Å². The van der Waals surface area contributed by atoms with Gasteiger partial charge in [0, 0.05) is 6.42 Å². The zero-order valence-corrected chi connectivity index (χ0v) is 22.3. The minimum Gasteiger partial charge on any atom is -0.481 e. The fourth-order valence-electron chi connectivity index (χ4n) is 9.45. The van der Waals surface area contributed by atoms with E-state index in [1.54, 1.807) is 0 Å². The smallest absolute Gasteiger partial charge is 0.309 e. The van der Waals surface area contributed by atoms with E-state index < -0.39 is 17.4 Å². The largest absolute Gasteiger partial charge is 0.481 e. The zero-order valence-electron chi connectivity index (χ0n) is 22.3. The maximum Gasteiger partial charge on any atom is 0.309 e. The van der Waals surface area contributed by atoms with Gasteiger partial charge in [0.1, 0.15) is 0 Å². The number of carboxylic acid groups (broad SMARTS) is 2. The first kappa shape index (κ1) is 25.5. The zero-order chi connectivity index (χ0) is 25.3. The lowest BCUT2D eigenvalue weighted by atomic mass is 9.35. The molecular weight excluding hydrogens is 424 g/mol. The van der Waals surface area contributed by atoms with E-state index in [4.69, 9.17) is 0 Å². The van der Waals surface area contributed by atoms with Gasteiger partial charge >= 0.3 is 11.9 Å². The Morgan fingerprint density at radius 3 is 2.26 bits per heavy atom. The van der Waals surface area contributed by atoms with Crippen molar-refractivity contribution < 1.29 is 19.8 Å². The van der Waals surface area contributed by atoms with Crippen LogP contribution in [-0.4, -0.2) is 22.2 Å². The molecule has 0 spiro atoms. The number of carbonyl (C=O) groups is 2. The summed E-state index contributed by atoms with van der Waals surface area (Å²) in [6.45, 7) is 18.1. The highest BCUT2D eigenvalue weighted by Gasteiger charge is 2.65. The number of allylic oxidation sites excluding steroid dienone is 3. The van der Waals surface area contributed by atoms with Crippen LogP contribution in [0, 0.1) is 44.8 Å². The van der Waals surface area contributed by atoms with Gasteiger partial charge in [-0.1, -0.05) is 51.5 Å². The predicted molar refractivity (Wildman–Crippen MR) is 135 cm³/mol. The molecule has 4 aliphatic carbocycles. The third kappa shape index (κ3) is 3.45. The second-order valence-electron chi connectivity index (χ2n) is 13.8. The van der Waals surface area contributed by atoms with Crippen LogP contribution in [0.5, 0.6) is 0 Å². The Morgan fingerprint density at radius 2 is 1.68 bits per heavy atom. The maximum atomic E-state index is 12.2. The van der Waals surface area contributed by atoms with Gasteiger partial charge in [-0.25, -0.2) is 0 Å². The van der Waals surface area contributed by atoms with Crippen LogP contribution in [0.25, 0.3) is 0 Å². The second-order valence-corrected chi connectivity index (χ2v) is 13.8. The Labute approximate surface area is 206 Å². The summed E-state index contributed by atoms with van der Waals surface area (Å²) in [5.41, 5.74) is 2.28. The van der Waals surface area contributed by atoms with Crippen LogP contribution < -0.4 is 0 Å². The van der Waals surface area contributed by atoms with Crippen LogP contribution in [0.2, 0.25) is 0 Å². The van der Waals surface area contributed by atoms with Crippen LogP contribution in [0.3, 0.4) is 0 Å². The molecule has 0 radical (unpaired) electrons. The highest BCUT2D eigenvalue weighted by Crippen LogP contribution is 2.74. The Hall–Kier alpha value is -1.58. The first-order valence-electron chi connectivity index (χ1n) is 13.4. The quantitative estimate of drug-likeness (QED) is 0.408. The molecule has 0 aliphatic heterocycles. The first-order valence-corrected chi connectivity index (χ1v) is 13.4. The molecule has 8 atom stereocenters. The lowest BCUT2D eigenvalue weighted by Gasteiger charge is -2.69. The molecule has 0 aromatic heterocycles. The van der Waals surface area contributed by atoms with Gasteiger partial charge in [-0.15, -0.1) is 0 Å². The van der Waals surface area contributed by atoms with Crippen LogP contribution in [0.15, 0.2) is 23.8 Å². The molecule has 0 aromatic rings. The van der Waals surface area contributed by atoms with Crippen molar-refractivity contribution in [3.8, 4) is 0 Å². The van der Waals surface area contributed by atoms with Crippen LogP contribution >= 0.6 is 0 Å². The van der Waals surface area contributed by atoms with Crippen molar-refractivity contribution in [2.24, 2.45) is 44.8 Å². The molecule has 3 saturated carbocycles. The highest BCUT2D eigenvalue weighted by molar-refractivity contribution is 5.74.